The lowest BCUT2D eigenvalue weighted by Gasteiger charge is -2.47. The highest BCUT2D eigenvalue weighted by Gasteiger charge is 2.42. The maximum absolute atomic E-state index is 6.35. The summed E-state index contributed by atoms with van der Waals surface area (Å²) in [5.41, 5.74) is 7.49. The highest BCUT2D eigenvalue weighted by molar-refractivity contribution is 5.38. The van der Waals surface area contributed by atoms with Crippen molar-refractivity contribution in [3.05, 3.63) is 29.8 Å². The van der Waals surface area contributed by atoms with E-state index in [0.717, 1.165) is 38.1 Å². The van der Waals surface area contributed by atoms with Gasteiger partial charge < -0.3 is 15.4 Å². The van der Waals surface area contributed by atoms with E-state index in [9.17, 15) is 0 Å². The molecule has 0 aliphatic carbocycles. The van der Waals surface area contributed by atoms with Crippen LogP contribution in [0, 0.1) is 0 Å². The molecule has 2 aliphatic rings. The molecule has 1 atom stereocenters. The third-order valence-corrected chi connectivity index (χ3v) is 4.68. The molecular formula is C16H24N2O. The number of nitrogens with two attached hydrogens (primary N) is 1. The standard InChI is InChI=1S/C16H24N2O/c1-12(2)18-9-7-16(8-10-18)11-14(17)13-5-3-4-6-15(13)19-16/h3-6,12,14H,7-11,17H2,1-2H3/t14-/m1/s1. The molecule has 1 fully saturated rings. The van der Waals surface area contributed by atoms with Gasteiger partial charge in [-0.25, -0.2) is 0 Å². The lowest BCUT2D eigenvalue weighted by molar-refractivity contribution is -0.0278. The predicted molar refractivity (Wildman–Crippen MR) is 77.3 cm³/mol. The molecule has 3 rings (SSSR count). The molecule has 2 N–H and O–H groups in total. The van der Waals surface area contributed by atoms with Crippen molar-refractivity contribution in [1.29, 1.82) is 0 Å². The molecule has 2 heterocycles. The molecule has 0 amide bonds. The van der Waals surface area contributed by atoms with Crippen LogP contribution in [0.5, 0.6) is 5.75 Å². The largest absolute Gasteiger partial charge is 0.487 e. The Balaban J connectivity index is 1.78. The summed E-state index contributed by atoms with van der Waals surface area (Å²) in [5.74, 6) is 0.999. The van der Waals surface area contributed by atoms with E-state index in [1.54, 1.807) is 0 Å². The Bertz CT molecular complexity index is 450. The minimum Gasteiger partial charge on any atom is -0.487 e. The van der Waals surface area contributed by atoms with Crippen molar-refractivity contribution in [2.24, 2.45) is 5.73 Å². The summed E-state index contributed by atoms with van der Waals surface area (Å²) in [5, 5.41) is 0. The first-order valence-electron chi connectivity index (χ1n) is 7.37. The van der Waals surface area contributed by atoms with E-state index < -0.39 is 0 Å². The smallest absolute Gasteiger partial charge is 0.124 e. The number of likely N-dealkylation sites (tertiary alicyclic amines) is 1. The Kier molecular flexibility index (Phi) is 3.27. The van der Waals surface area contributed by atoms with Crippen molar-refractivity contribution in [3.63, 3.8) is 0 Å². The lowest BCUT2D eigenvalue weighted by Crippen LogP contribution is -2.52. The van der Waals surface area contributed by atoms with Gasteiger partial charge >= 0.3 is 0 Å². The van der Waals surface area contributed by atoms with Crippen LogP contribution in [-0.2, 0) is 0 Å². The number of rotatable bonds is 1. The molecule has 1 saturated heterocycles. The molecule has 0 bridgehead atoms. The first-order chi connectivity index (χ1) is 9.10. The average molecular weight is 260 g/mol. The van der Waals surface area contributed by atoms with Gasteiger partial charge in [-0.2, -0.15) is 0 Å². The lowest BCUT2D eigenvalue weighted by atomic mass is 9.80. The SMILES string of the molecule is CC(C)N1CCC2(CC1)C[C@@H](N)c1ccccc1O2. The average Bonchev–Trinajstić information content (AvgIpc) is 2.39. The Morgan fingerprint density at radius 2 is 1.95 bits per heavy atom. The van der Waals surface area contributed by atoms with Crippen LogP contribution in [0.1, 0.15) is 44.7 Å². The highest BCUT2D eigenvalue weighted by atomic mass is 16.5. The summed E-state index contributed by atoms with van der Waals surface area (Å²) in [6.07, 6.45) is 3.14. The Morgan fingerprint density at radius 3 is 2.63 bits per heavy atom. The summed E-state index contributed by atoms with van der Waals surface area (Å²) < 4.78 is 6.35. The van der Waals surface area contributed by atoms with Crippen LogP contribution < -0.4 is 10.5 Å². The molecule has 0 radical (unpaired) electrons. The van der Waals surface area contributed by atoms with E-state index >= 15 is 0 Å². The molecule has 1 spiro atoms. The van der Waals surface area contributed by atoms with Crippen LogP contribution in [0.25, 0.3) is 0 Å². The number of benzene rings is 1. The minimum absolute atomic E-state index is 0.0286. The number of nitrogens with zero attached hydrogens (tertiary/aromatic N) is 1. The van der Waals surface area contributed by atoms with Gasteiger partial charge in [-0.15, -0.1) is 0 Å². The van der Waals surface area contributed by atoms with E-state index in [0.29, 0.717) is 6.04 Å². The van der Waals surface area contributed by atoms with E-state index in [-0.39, 0.29) is 11.6 Å². The molecule has 104 valence electrons. The number of hydrogen-bond donors (Lipinski definition) is 1. The Hall–Kier alpha value is -1.06. The summed E-state index contributed by atoms with van der Waals surface area (Å²) in [7, 11) is 0. The van der Waals surface area contributed by atoms with Crippen molar-refractivity contribution in [3.8, 4) is 5.75 Å². The summed E-state index contributed by atoms with van der Waals surface area (Å²) in [4.78, 5) is 2.53. The quantitative estimate of drug-likeness (QED) is 0.843. The molecule has 0 saturated carbocycles. The number of para-hydroxylation sites is 1. The first kappa shape index (κ1) is 12.9. The third kappa shape index (κ3) is 2.37. The molecule has 19 heavy (non-hydrogen) atoms. The van der Waals surface area contributed by atoms with E-state index in [2.05, 4.69) is 30.9 Å². The fraction of sp³-hybridized carbons (Fsp3) is 0.625. The van der Waals surface area contributed by atoms with E-state index in [1.807, 2.05) is 12.1 Å². The first-order valence-corrected chi connectivity index (χ1v) is 7.37. The summed E-state index contributed by atoms with van der Waals surface area (Å²) in [6, 6.07) is 8.98. The summed E-state index contributed by atoms with van der Waals surface area (Å²) >= 11 is 0. The molecule has 1 aromatic rings. The third-order valence-electron chi connectivity index (χ3n) is 4.68. The zero-order valence-electron chi connectivity index (χ0n) is 11.9. The molecule has 0 aromatic heterocycles. The van der Waals surface area contributed by atoms with Gasteiger partial charge in [0, 0.05) is 37.2 Å². The predicted octanol–water partition coefficient (Wildman–Crippen LogP) is 2.71. The monoisotopic (exact) mass is 260 g/mol. The molecular weight excluding hydrogens is 236 g/mol. The number of hydrogen-bond acceptors (Lipinski definition) is 3. The van der Waals surface area contributed by atoms with E-state index in [1.165, 1.54) is 5.56 Å². The maximum atomic E-state index is 6.35. The van der Waals surface area contributed by atoms with Crippen LogP contribution in [0.3, 0.4) is 0 Å². The van der Waals surface area contributed by atoms with Gasteiger partial charge in [-0.05, 0) is 32.8 Å². The van der Waals surface area contributed by atoms with Crippen LogP contribution in [-0.4, -0.2) is 29.6 Å². The maximum Gasteiger partial charge on any atom is 0.124 e. The molecule has 3 heteroatoms. The summed E-state index contributed by atoms with van der Waals surface area (Å²) in [6.45, 7) is 6.76. The van der Waals surface area contributed by atoms with E-state index in [4.69, 9.17) is 10.5 Å². The number of ether oxygens (including phenoxy) is 1. The zero-order chi connectivity index (χ0) is 13.5. The van der Waals surface area contributed by atoms with Crippen molar-refractivity contribution in [2.45, 2.75) is 50.8 Å². The van der Waals surface area contributed by atoms with Crippen molar-refractivity contribution in [2.75, 3.05) is 13.1 Å². The van der Waals surface area contributed by atoms with Crippen LogP contribution in [0.2, 0.25) is 0 Å². The van der Waals surface area contributed by atoms with Crippen molar-refractivity contribution >= 4 is 0 Å². The molecule has 2 aliphatic heterocycles. The van der Waals surface area contributed by atoms with Crippen LogP contribution >= 0.6 is 0 Å². The molecule has 0 unspecified atom stereocenters. The van der Waals surface area contributed by atoms with Crippen molar-refractivity contribution in [1.82, 2.24) is 4.90 Å². The van der Waals surface area contributed by atoms with Gasteiger partial charge in [0.25, 0.3) is 0 Å². The van der Waals surface area contributed by atoms with Gasteiger partial charge in [0.2, 0.25) is 0 Å². The Labute approximate surface area is 115 Å². The second-order valence-corrected chi connectivity index (χ2v) is 6.26. The van der Waals surface area contributed by atoms with Gasteiger partial charge in [0.1, 0.15) is 11.4 Å². The zero-order valence-corrected chi connectivity index (χ0v) is 11.9. The number of piperidine rings is 1. The molecule has 1 aromatic carbocycles. The molecule has 3 nitrogen and oxygen atoms in total. The van der Waals surface area contributed by atoms with Gasteiger partial charge in [-0.1, -0.05) is 18.2 Å². The van der Waals surface area contributed by atoms with Crippen LogP contribution in [0.15, 0.2) is 24.3 Å². The van der Waals surface area contributed by atoms with Gasteiger partial charge in [0.05, 0.1) is 0 Å². The minimum atomic E-state index is -0.0286. The fourth-order valence-corrected chi connectivity index (χ4v) is 3.42. The topological polar surface area (TPSA) is 38.5 Å². The fourth-order valence-electron chi connectivity index (χ4n) is 3.42. The second kappa shape index (κ2) is 4.80. The van der Waals surface area contributed by atoms with Gasteiger partial charge in [-0.3, -0.25) is 0 Å². The van der Waals surface area contributed by atoms with Crippen molar-refractivity contribution < 1.29 is 4.74 Å². The normalized spacial score (nSPS) is 26.2. The van der Waals surface area contributed by atoms with Crippen LogP contribution in [0.4, 0.5) is 0 Å². The highest BCUT2D eigenvalue weighted by Crippen LogP contribution is 2.43. The van der Waals surface area contributed by atoms with Gasteiger partial charge in [0.15, 0.2) is 0 Å². The number of fused-ring (bicyclic) bond motifs is 1. The second-order valence-electron chi connectivity index (χ2n) is 6.26. The Morgan fingerprint density at radius 1 is 1.26 bits per heavy atom.